The summed E-state index contributed by atoms with van der Waals surface area (Å²) in [4.78, 5) is 0. The summed E-state index contributed by atoms with van der Waals surface area (Å²) in [5.74, 6) is 0.618. The minimum atomic E-state index is 0.618. The summed E-state index contributed by atoms with van der Waals surface area (Å²) < 4.78 is 0. The molecule has 1 aliphatic rings. The van der Waals surface area contributed by atoms with Gasteiger partial charge in [0.05, 0.1) is 6.07 Å². The first-order chi connectivity index (χ1) is 4.93. The van der Waals surface area contributed by atoms with Gasteiger partial charge in [-0.1, -0.05) is 6.42 Å². The number of nitriles is 1. The zero-order chi connectivity index (χ0) is 7.23. The summed E-state index contributed by atoms with van der Waals surface area (Å²) in [7, 11) is 0. The van der Waals surface area contributed by atoms with E-state index >= 15 is 0 Å². The molecule has 0 aromatic heterocycles. The second-order valence-electron chi connectivity index (χ2n) is 2.93. The van der Waals surface area contributed by atoms with Gasteiger partial charge in [0.1, 0.15) is 0 Å². The van der Waals surface area contributed by atoms with E-state index in [0.29, 0.717) is 5.92 Å². The van der Waals surface area contributed by atoms with Gasteiger partial charge in [-0.2, -0.15) is 5.26 Å². The van der Waals surface area contributed by atoms with Crippen LogP contribution in [0.2, 0.25) is 0 Å². The molecule has 0 saturated carbocycles. The van der Waals surface area contributed by atoms with Gasteiger partial charge in [0.15, 0.2) is 0 Å². The molecule has 0 bridgehead atoms. The van der Waals surface area contributed by atoms with Crippen LogP contribution in [0.4, 0.5) is 0 Å². The normalized spacial score (nSPS) is 26.9. The van der Waals surface area contributed by atoms with Crippen molar-refractivity contribution in [2.24, 2.45) is 5.92 Å². The van der Waals surface area contributed by atoms with Gasteiger partial charge in [-0.3, -0.25) is 0 Å². The maximum atomic E-state index is 8.43. The van der Waals surface area contributed by atoms with Gasteiger partial charge in [-0.15, -0.1) is 0 Å². The van der Waals surface area contributed by atoms with E-state index in [1.807, 2.05) is 0 Å². The molecule has 2 nitrogen and oxygen atoms in total. The highest BCUT2D eigenvalue weighted by Gasteiger charge is 2.10. The van der Waals surface area contributed by atoms with E-state index in [2.05, 4.69) is 11.4 Å². The number of hydrogen-bond acceptors (Lipinski definition) is 2. The number of hydrogen-bond donors (Lipinski definition) is 1. The molecule has 0 aliphatic carbocycles. The van der Waals surface area contributed by atoms with E-state index in [1.165, 1.54) is 19.3 Å². The van der Waals surface area contributed by atoms with Crippen molar-refractivity contribution in [2.45, 2.75) is 25.7 Å². The Balaban J connectivity index is 2.23. The molecule has 1 atom stereocenters. The van der Waals surface area contributed by atoms with Crippen molar-refractivity contribution in [3.05, 3.63) is 0 Å². The maximum Gasteiger partial charge on any atom is 0.0625 e. The lowest BCUT2D eigenvalue weighted by molar-refractivity contribution is 0.490. The molecule has 0 unspecified atom stereocenters. The standard InChI is InChI=1S/C8H14N2/c9-5-4-8-3-1-2-6-10-7-8/h8,10H,1-4,6-7H2/t8-/m0/s1. The smallest absolute Gasteiger partial charge is 0.0625 e. The topological polar surface area (TPSA) is 35.8 Å². The molecule has 1 N–H and O–H groups in total. The molecule has 10 heavy (non-hydrogen) atoms. The van der Waals surface area contributed by atoms with E-state index in [-0.39, 0.29) is 0 Å². The summed E-state index contributed by atoms with van der Waals surface area (Å²) in [6, 6.07) is 2.23. The van der Waals surface area contributed by atoms with Crippen molar-refractivity contribution in [1.82, 2.24) is 5.32 Å². The lowest BCUT2D eigenvalue weighted by Gasteiger charge is -2.07. The minimum Gasteiger partial charge on any atom is -0.316 e. The van der Waals surface area contributed by atoms with Crippen LogP contribution >= 0.6 is 0 Å². The van der Waals surface area contributed by atoms with Crippen LogP contribution in [0, 0.1) is 17.2 Å². The van der Waals surface area contributed by atoms with Crippen LogP contribution in [-0.2, 0) is 0 Å². The molecule has 2 heteroatoms. The van der Waals surface area contributed by atoms with Crippen LogP contribution in [0.5, 0.6) is 0 Å². The van der Waals surface area contributed by atoms with Crippen molar-refractivity contribution < 1.29 is 0 Å². The van der Waals surface area contributed by atoms with Gasteiger partial charge >= 0.3 is 0 Å². The van der Waals surface area contributed by atoms with Crippen LogP contribution in [0.15, 0.2) is 0 Å². The van der Waals surface area contributed by atoms with Gasteiger partial charge < -0.3 is 5.32 Å². The number of rotatable bonds is 1. The fourth-order valence-electron chi connectivity index (χ4n) is 1.39. The van der Waals surface area contributed by atoms with Crippen molar-refractivity contribution in [3.8, 4) is 6.07 Å². The minimum absolute atomic E-state index is 0.618. The van der Waals surface area contributed by atoms with Crippen LogP contribution in [0.1, 0.15) is 25.7 Å². The first kappa shape index (κ1) is 7.56. The second kappa shape index (κ2) is 4.29. The maximum absolute atomic E-state index is 8.43. The van der Waals surface area contributed by atoms with E-state index in [9.17, 15) is 0 Å². The molecule has 1 saturated heterocycles. The molecule has 0 aromatic carbocycles. The Morgan fingerprint density at radius 3 is 3.20 bits per heavy atom. The van der Waals surface area contributed by atoms with Gasteiger partial charge in [0.2, 0.25) is 0 Å². The SMILES string of the molecule is N#CC[C@@H]1CCCCNC1. The Kier molecular flexibility index (Phi) is 3.25. The predicted octanol–water partition coefficient (Wildman–Crippen LogP) is 1.29. The number of nitrogens with zero attached hydrogens (tertiary/aromatic N) is 1. The van der Waals surface area contributed by atoms with Crippen LogP contribution < -0.4 is 5.32 Å². The Morgan fingerprint density at radius 1 is 1.50 bits per heavy atom. The molecule has 1 fully saturated rings. The summed E-state index contributed by atoms with van der Waals surface area (Å²) in [5.41, 5.74) is 0. The summed E-state index contributed by atoms with van der Waals surface area (Å²) in [6.45, 7) is 2.19. The third kappa shape index (κ3) is 2.36. The Bertz CT molecular complexity index is 118. The fraction of sp³-hybridized carbons (Fsp3) is 0.875. The third-order valence-corrected chi connectivity index (χ3v) is 2.03. The van der Waals surface area contributed by atoms with Crippen LogP contribution in [0.3, 0.4) is 0 Å². The van der Waals surface area contributed by atoms with Gasteiger partial charge in [-0.25, -0.2) is 0 Å². The summed E-state index contributed by atoms with van der Waals surface area (Å²) >= 11 is 0. The summed E-state index contributed by atoms with van der Waals surface area (Å²) in [6.07, 6.45) is 4.54. The zero-order valence-electron chi connectivity index (χ0n) is 6.27. The zero-order valence-corrected chi connectivity index (χ0v) is 6.27. The molecule has 1 aliphatic heterocycles. The van der Waals surface area contributed by atoms with E-state index in [0.717, 1.165) is 19.5 Å². The van der Waals surface area contributed by atoms with Crippen LogP contribution in [-0.4, -0.2) is 13.1 Å². The fourth-order valence-corrected chi connectivity index (χ4v) is 1.39. The molecule has 1 heterocycles. The van der Waals surface area contributed by atoms with E-state index in [4.69, 9.17) is 5.26 Å². The highest BCUT2D eigenvalue weighted by atomic mass is 14.9. The van der Waals surface area contributed by atoms with Gasteiger partial charge in [-0.05, 0) is 31.8 Å². The highest BCUT2D eigenvalue weighted by molar-refractivity contribution is 4.78. The molecule has 0 aromatic rings. The molecule has 0 spiro atoms. The predicted molar refractivity (Wildman–Crippen MR) is 40.4 cm³/mol. The molecule has 56 valence electrons. The monoisotopic (exact) mass is 138 g/mol. The Morgan fingerprint density at radius 2 is 2.40 bits per heavy atom. The van der Waals surface area contributed by atoms with Crippen molar-refractivity contribution in [1.29, 1.82) is 5.26 Å². The van der Waals surface area contributed by atoms with Crippen molar-refractivity contribution in [3.63, 3.8) is 0 Å². The van der Waals surface area contributed by atoms with E-state index in [1.54, 1.807) is 0 Å². The van der Waals surface area contributed by atoms with Gasteiger partial charge in [0.25, 0.3) is 0 Å². The average molecular weight is 138 g/mol. The number of nitrogens with one attached hydrogen (secondary N) is 1. The lowest BCUT2D eigenvalue weighted by atomic mass is 10.0. The van der Waals surface area contributed by atoms with E-state index < -0.39 is 0 Å². The first-order valence-corrected chi connectivity index (χ1v) is 4.01. The Hall–Kier alpha value is -0.550. The average Bonchev–Trinajstić information content (AvgIpc) is 2.17. The lowest BCUT2D eigenvalue weighted by Crippen LogP contribution is -2.20. The summed E-state index contributed by atoms with van der Waals surface area (Å²) in [5, 5.41) is 11.8. The van der Waals surface area contributed by atoms with Crippen molar-refractivity contribution in [2.75, 3.05) is 13.1 Å². The van der Waals surface area contributed by atoms with Crippen molar-refractivity contribution >= 4 is 0 Å². The quantitative estimate of drug-likeness (QED) is 0.592. The van der Waals surface area contributed by atoms with Crippen LogP contribution in [0.25, 0.3) is 0 Å². The largest absolute Gasteiger partial charge is 0.316 e. The van der Waals surface area contributed by atoms with Gasteiger partial charge in [0, 0.05) is 6.42 Å². The first-order valence-electron chi connectivity index (χ1n) is 4.01. The third-order valence-electron chi connectivity index (χ3n) is 2.03. The molecule has 0 radical (unpaired) electrons. The molecular formula is C8H14N2. The molecule has 1 rings (SSSR count). The molecular weight excluding hydrogens is 124 g/mol. The Labute approximate surface area is 62.2 Å². The highest BCUT2D eigenvalue weighted by Crippen LogP contribution is 2.13. The second-order valence-corrected chi connectivity index (χ2v) is 2.93. The molecule has 0 amide bonds.